The first kappa shape index (κ1) is 11.9. The van der Waals surface area contributed by atoms with E-state index < -0.39 is 5.97 Å². The van der Waals surface area contributed by atoms with E-state index in [-0.39, 0.29) is 11.7 Å². The molecule has 1 aromatic heterocycles. The zero-order valence-corrected chi connectivity index (χ0v) is 10.1. The summed E-state index contributed by atoms with van der Waals surface area (Å²) in [4.78, 5) is 15.8. The first-order valence-electron chi connectivity index (χ1n) is 5.71. The second kappa shape index (κ2) is 4.75. The summed E-state index contributed by atoms with van der Waals surface area (Å²) in [5, 5.41) is 0. The summed E-state index contributed by atoms with van der Waals surface area (Å²) in [5.41, 5.74) is 6.18. The van der Waals surface area contributed by atoms with Crippen molar-refractivity contribution in [2.45, 2.75) is 25.8 Å². The van der Waals surface area contributed by atoms with E-state index in [4.69, 9.17) is 10.5 Å². The summed E-state index contributed by atoms with van der Waals surface area (Å²) in [5.74, 6) is 0.692. The maximum atomic E-state index is 11.5. The molecular weight excluding hydrogens is 222 g/mol. The van der Waals surface area contributed by atoms with Crippen molar-refractivity contribution in [3.63, 3.8) is 0 Å². The summed E-state index contributed by atoms with van der Waals surface area (Å²) >= 11 is 0. The Hall–Kier alpha value is -1.56. The Morgan fingerprint density at radius 3 is 3.00 bits per heavy atom. The quantitative estimate of drug-likeness (QED) is 0.788. The van der Waals surface area contributed by atoms with Gasteiger partial charge >= 0.3 is 5.97 Å². The minimum atomic E-state index is -0.491. The molecule has 1 aliphatic heterocycles. The zero-order chi connectivity index (χ0) is 12.4. The Bertz CT molecular complexity index is 422. The molecule has 0 amide bonds. The van der Waals surface area contributed by atoms with Gasteiger partial charge in [-0.25, -0.2) is 9.78 Å². The van der Waals surface area contributed by atoms with E-state index in [1.165, 1.54) is 7.11 Å². The van der Waals surface area contributed by atoms with E-state index in [9.17, 15) is 4.79 Å². The monoisotopic (exact) mass is 239 g/mol. The van der Waals surface area contributed by atoms with Crippen LogP contribution in [0.1, 0.15) is 35.7 Å². The van der Waals surface area contributed by atoms with Gasteiger partial charge in [0.25, 0.3) is 0 Å². The Labute approximate surface area is 99.7 Å². The van der Waals surface area contributed by atoms with E-state index >= 15 is 0 Å². The molecule has 1 aliphatic rings. The maximum Gasteiger partial charge on any atom is 0.360 e. The minimum Gasteiger partial charge on any atom is -0.464 e. The molecule has 1 aromatic rings. The molecule has 1 saturated heterocycles. The largest absolute Gasteiger partial charge is 0.464 e. The molecule has 0 bridgehead atoms. The molecule has 0 aliphatic carbocycles. The lowest BCUT2D eigenvalue weighted by molar-refractivity contribution is 0.0595. The van der Waals surface area contributed by atoms with Gasteiger partial charge in [0.05, 0.1) is 19.8 Å². The Balaban J connectivity index is 2.42. The third kappa shape index (κ3) is 2.00. The van der Waals surface area contributed by atoms with Crippen molar-refractivity contribution in [3.8, 4) is 0 Å². The number of hydrogen-bond donors (Lipinski definition) is 1. The Kier molecular flexibility index (Phi) is 3.33. The SMILES string of the molecule is CCc1nc(C(=O)OC)c(N)n1C1CCOC1. The standard InChI is InChI=1S/C11H17N3O3/c1-3-8-13-9(11(15)16-2)10(12)14(8)7-4-5-17-6-7/h7H,3-6,12H2,1-2H3. The molecule has 0 radical (unpaired) electrons. The molecule has 6 nitrogen and oxygen atoms in total. The van der Waals surface area contributed by atoms with Crippen molar-refractivity contribution in [1.29, 1.82) is 0 Å². The summed E-state index contributed by atoms with van der Waals surface area (Å²) in [6.07, 6.45) is 1.62. The maximum absolute atomic E-state index is 11.5. The van der Waals surface area contributed by atoms with Crippen LogP contribution in [-0.4, -0.2) is 35.8 Å². The molecule has 17 heavy (non-hydrogen) atoms. The molecule has 0 aromatic carbocycles. The topological polar surface area (TPSA) is 79.4 Å². The third-order valence-electron chi connectivity index (χ3n) is 2.99. The van der Waals surface area contributed by atoms with E-state index in [0.717, 1.165) is 25.3 Å². The molecule has 1 unspecified atom stereocenters. The van der Waals surface area contributed by atoms with Crippen molar-refractivity contribution in [1.82, 2.24) is 9.55 Å². The van der Waals surface area contributed by atoms with Gasteiger partial charge in [-0.3, -0.25) is 0 Å². The van der Waals surface area contributed by atoms with Crippen molar-refractivity contribution in [2.75, 3.05) is 26.1 Å². The van der Waals surface area contributed by atoms with Gasteiger partial charge in [0, 0.05) is 13.0 Å². The smallest absolute Gasteiger partial charge is 0.360 e. The second-order valence-electron chi connectivity index (χ2n) is 3.99. The molecule has 1 atom stereocenters. The number of methoxy groups -OCH3 is 1. The van der Waals surface area contributed by atoms with Crippen LogP contribution in [0.5, 0.6) is 0 Å². The summed E-state index contributed by atoms with van der Waals surface area (Å²) in [7, 11) is 1.32. The highest BCUT2D eigenvalue weighted by Gasteiger charge is 2.27. The number of esters is 1. The molecule has 1 fully saturated rings. The van der Waals surface area contributed by atoms with Crippen molar-refractivity contribution in [3.05, 3.63) is 11.5 Å². The van der Waals surface area contributed by atoms with Crippen LogP contribution in [0.3, 0.4) is 0 Å². The van der Waals surface area contributed by atoms with E-state index in [2.05, 4.69) is 9.72 Å². The Morgan fingerprint density at radius 2 is 2.47 bits per heavy atom. The molecule has 2 rings (SSSR count). The lowest BCUT2D eigenvalue weighted by atomic mass is 10.2. The summed E-state index contributed by atoms with van der Waals surface area (Å²) in [6.45, 7) is 3.32. The molecule has 0 spiro atoms. The first-order valence-corrected chi connectivity index (χ1v) is 5.71. The van der Waals surface area contributed by atoms with E-state index in [1.807, 2.05) is 11.5 Å². The van der Waals surface area contributed by atoms with Gasteiger partial charge in [0.1, 0.15) is 11.6 Å². The van der Waals surface area contributed by atoms with Crippen molar-refractivity contribution in [2.24, 2.45) is 0 Å². The summed E-state index contributed by atoms with van der Waals surface area (Å²) in [6, 6.07) is 0.177. The van der Waals surface area contributed by atoms with Gasteiger partial charge in [0.2, 0.25) is 0 Å². The number of anilines is 1. The number of nitrogen functional groups attached to an aromatic ring is 1. The predicted octanol–water partition coefficient (Wildman–Crippen LogP) is 0.776. The molecular formula is C11H17N3O3. The highest BCUT2D eigenvalue weighted by molar-refractivity contribution is 5.92. The van der Waals surface area contributed by atoms with Crippen LogP contribution in [0.25, 0.3) is 0 Å². The van der Waals surface area contributed by atoms with Crippen LogP contribution in [0.4, 0.5) is 5.82 Å². The van der Waals surface area contributed by atoms with Gasteiger partial charge in [-0.05, 0) is 6.42 Å². The number of imidazole rings is 1. The van der Waals surface area contributed by atoms with Crippen LogP contribution in [-0.2, 0) is 15.9 Å². The van der Waals surface area contributed by atoms with E-state index in [1.54, 1.807) is 0 Å². The van der Waals surface area contributed by atoms with Crippen molar-refractivity contribution >= 4 is 11.8 Å². The fraction of sp³-hybridized carbons (Fsp3) is 0.636. The number of carbonyl (C=O) groups is 1. The normalized spacial score (nSPS) is 19.5. The van der Waals surface area contributed by atoms with Crippen LogP contribution < -0.4 is 5.73 Å². The lowest BCUT2D eigenvalue weighted by Crippen LogP contribution is -2.15. The third-order valence-corrected chi connectivity index (χ3v) is 2.99. The van der Waals surface area contributed by atoms with Gasteiger partial charge < -0.3 is 19.8 Å². The van der Waals surface area contributed by atoms with Gasteiger partial charge in [-0.15, -0.1) is 0 Å². The number of aromatic nitrogens is 2. The van der Waals surface area contributed by atoms with Gasteiger partial charge in [-0.1, -0.05) is 6.92 Å². The molecule has 2 heterocycles. The molecule has 6 heteroatoms. The number of nitrogens with two attached hydrogens (primary N) is 1. The highest BCUT2D eigenvalue weighted by Crippen LogP contribution is 2.27. The Morgan fingerprint density at radius 1 is 1.71 bits per heavy atom. The van der Waals surface area contributed by atoms with Crippen LogP contribution in [0, 0.1) is 0 Å². The number of rotatable bonds is 3. The molecule has 94 valence electrons. The number of nitrogens with zero attached hydrogens (tertiary/aromatic N) is 2. The van der Waals surface area contributed by atoms with Gasteiger partial charge in [-0.2, -0.15) is 0 Å². The van der Waals surface area contributed by atoms with Gasteiger partial charge in [0.15, 0.2) is 5.69 Å². The number of hydrogen-bond acceptors (Lipinski definition) is 5. The number of aryl methyl sites for hydroxylation is 1. The molecule has 2 N–H and O–H groups in total. The number of ether oxygens (including phenoxy) is 2. The lowest BCUT2D eigenvalue weighted by Gasteiger charge is -2.14. The number of carbonyl (C=O) groups excluding carboxylic acids is 1. The second-order valence-corrected chi connectivity index (χ2v) is 3.99. The average molecular weight is 239 g/mol. The van der Waals surface area contributed by atoms with Crippen LogP contribution in [0.15, 0.2) is 0 Å². The first-order chi connectivity index (χ1) is 8.19. The summed E-state index contributed by atoms with van der Waals surface area (Å²) < 4.78 is 11.9. The van der Waals surface area contributed by atoms with E-state index in [0.29, 0.717) is 12.4 Å². The zero-order valence-electron chi connectivity index (χ0n) is 10.1. The highest BCUT2D eigenvalue weighted by atomic mass is 16.5. The predicted molar refractivity (Wildman–Crippen MR) is 61.8 cm³/mol. The van der Waals surface area contributed by atoms with Crippen LogP contribution in [0.2, 0.25) is 0 Å². The fourth-order valence-corrected chi connectivity index (χ4v) is 2.12. The average Bonchev–Trinajstić information content (AvgIpc) is 2.95. The molecule has 0 saturated carbocycles. The minimum absolute atomic E-state index is 0.177. The van der Waals surface area contributed by atoms with Crippen molar-refractivity contribution < 1.29 is 14.3 Å². The fourth-order valence-electron chi connectivity index (χ4n) is 2.12. The van der Waals surface area contributed by atoms with Crippen LogP contribution >= 0.6 is 0 Å².